The summed E-state index contributed by atoms with van der Waals surface area (Å²) in [5.41, 5.74) is 0. The topological polar surface area (TPSA) is 631 Å². The van der Waals surface area contributed by atoms with Gasteiger partial charge >= 0.3 is 65.7 Å². The summed E-state index contributed by atoms with van der Waals surface area (Å²) in [7, 11) is 1.48. The van der Waals surface area contributed by atoms with E-state index in [1.54, 1.807) is 0 Å². The lowest BCUT2D eigenvalue weighted by Gasteiger charge is -2.52. The number of rotatable bonds is 56. The fourth-order valence-corrected chi connectivity index (χ4v) is 16.3. The summed E-state index contributed by atoms with van der Waals surface area (Å²) in [6.45, 7) is 5.52. The van der Waals surface area contributed by atoms with E-state index in [2.05, 4.69) is 0 Å². The van der Waals surface area contributed by atoms with Gasteiger partial charge in [-0.3, -0.25) is 62.3 Å². The van der Waals surface area contributed by atoms with Crippen LogP contribution in [0.2, 0.25) is 0 Å². The highest BCUT2D eigenvalue weighted by Gasteiger charge is 2.62. The van der Waals surface area contributed by atoms with Crippen LogP contribution in [0.1, 0.15) is 230 Å². The van der Waals surface area contributed by atoms with Crippen LogP contribution in [0.5, 0.6) is 0 Å². The molecule has 0 aromatic heterocycles. The van der Waals surface area contributed by atoms with E-state index in [0.717, 1.165) is 153 Å². The van der Waals surface area contributed by atoms with Gasteiger partial charge in [-0.05, 0) is 32.1 Å². The monoisotopic (exact) mass is 1920 g/mol. The molecule has 0 spiro atoms. The van der Waals surface area contributed by atoms with Crippen molar-refractivity contribution in [1.82, 2.24) is 4.90 Å². The van der Waals surface area contributed by atoms with E-state index < -0.39 is 296 Å². The number of amides is 1. The Bertz CT molecular complexity index is 3630. The van der Waals surface area contributed by atoms with Gasteiger partial charge in [0.15, 0.2) is 74.4 Å². The first-order chi connectivity index (χ1) is 63.1. The second-order valence-corrected chi connectivity index (χ2v) is 33.8. The number of carbonyl (C=O) groups is 13. The third-order valence-corrected chi connectivity index (χ3v) is 22.7. The lowest BCUT2D eigenvalue weighted by molar-refractivity contribution is -0.412. The summed E-state index contributed by atoms with van der Waals surface area (Å²) in [6, 6.07) is 0. The van der Waals surface area contributed by atoms with Gasteiger partial charge in [0.25, 0.3) is 0 Å². The van der Waals surface area contributed by atoms with Crippen molar-refractivity contribution < 1.29 is 218 Å². The van der Waals surface area contributed by atoms with E-state index >= 15 is 0 Å². The minimum Gasteiger partial charge on any atom is -0.480 e. The zero-order chi connectivity index (χ0) is 98.5. The lowest BCUT2D eigenvalue weighted by atomic mass is 9.94. The molecule has 0 radical (unpaired) electrons. The van der Waals surface area contributed by atoms with Crippen molar-refractivity contribution in [3.63, 3.8) is 0 Å². The number of carbonyl (C=O) groups excluding carboxylic acids is 12. The Morgan fingerprint density at radius 3 is 1.02 bits per heavy atom. The minimum absolute atomic E-state index is 0.181. The maximum absolute atomic E-state index is 13.5. The molecule has 133 heavy (non-hydrogen) atoms. The molecule has 6 rings (SSSR count). The number of carboxylic acid groups (broad SMARTS) is 1. The van der Waals surface area contributed by atoms with Crippen molar-refractivity contribution in [2.75, 3.05) is 53.2 Å². The van der Waals surface area contributed by atoms with Crippen molar-refractivity contribution in [2.45, 2.75) is 421 Å². The molecule has 31 atom stereocenters. The van der Waals surface area contributed by atoms with Crippen molar-refractivity contribution in [2.24, 2.45) is 0 Å². The Kier molecular flexibility index (Phi) is 50.0. The van der Waals surface area contributed by atoms with Gasteiger partial charge in [-0.15, -0.1) is 0 Å². The summed E-state index contributed by atoms with van der Waals surface area (Å²) < 4.78 is 132. The van der Waals surface area contributed by atoms with E-state index in [1.165, 1.54) is 11.9 Å². The third kappa shape index (κ3) is 37.4. The number of carboxylic acids is 1. The molecule has 0 aromatic carbocycles. The van der Waals surface area contributed by atoms with E-state index in [-0.39, 0.29) is 18.2 Å². The number of aliphatic hydroxyl groups excluding tert-OH is 9. The molecule has 6 fully saturated rings. The normalized spacial score (nSPS) is 32.4. The summed E-state index contributed by atoms with van der Waals surface area (Å²) in [4.78, 5) is 166. The number of unbranched alkanes of at least 4 members (excludes halogenated alkanes) is 16. The van der Waals surface area contributed by atoms with Gasteiger partial charge in [-0.1, -0.05) is 110 Å². The lowest BCUT2D eigenvalue weighted by Crippen LogP contribution is -2.70. The van der Waals surface area contributed by atoms with Crippen LogP contribution in [0.3, 0.4) is 0 Å². The van der Waals surface area contributed by atoms with Gasteiger partial charge in [0.1, 0.15) is 149 Å². The van der Waals surface area contributed by atoms with Crippen LogP contribution in [0.4, 0.5) is 0 Å². The molecule has 6 heterocycles. The molecule has 0 bridgehead atoms. The first-order valence-electron chi connectivity index (χ1n) is 45.5. The number of esters is 10. The number of hydrogen-bond donors (Lipinski definition) is 10. The summed E-state index contributed by atoms with van der Waals surface area (Å²) in [5, 5.41) is 115. The molecule has 46 heteroatoms. The van der Waals surface area contributed by atoms with E-state index in [1.807, 2.05) is 6.92 Å². The van der Waals surface area contributed by atoms with Gasteiger partial charge in [0.2, 0.25) is 5.91 Å². The molecule has 6 aliphatic heterocycles. The van der Waals surface area contributed by atoms with Gasteiger partial charge in [0, 0.05) is 95.5 Å². The predicted octanol–water partition coefficient (Wildman–Crippen LogP) is 0.495. The predicted molar refractivity (Wildman–Crippen MR) is 444 cm³/mol. The molecule has 1 amide bonds. The first-order valence-corrected chi connectivity index (χ1v) is 45.5. The zero-order valence-electron chi connectivity index (χ0n) is 77.5. The van der Waals surface area contributed by atoms with Crippen LogP contribution in [-0.4, -0.2) is 377 Å². The number of ketones is 1. The molecule has 0 saturated carbocycles. The largest absolute Gasteiger partial charge is 0.480 e. The van der Waals surface area contributed by atoms with E-state index in [9.17, 15) is 108 Å². The van der Waals surface area contributed by atoms with Crippen LogP contribution in [0.15, 0.2) is 0 Å². The van der Waals surface area contributed by atoms with Gasteiger partial charge in [-0.25, -0.2) is 0 Å². The van der Waals surface area contributed by atoms with Crippen molar-refractivity contribution in [3.8, 4) is 0 Å². The Morgan fingerprint density at radius 2 is 0.609 bits per heavy atom. The molecular weight excluding hydrogens is 1780 g/mol. The molecular formula is C87H139NO45. The molecule has 0 aliphatic carbocycles. The first kappa shape index (κ1) is 114. The quantitative estimate of drug-likeness (QED) is 0.0225. The third-order valence-electron chi connectivity index (χ3n) is 22.7. The maximum atomic E-state index is 13.5. The summed E-state index contributed by atoms with van der Waals surface area (Å²) in [6.07, 6.45) is -45.8. The zero-order valence-corrected chi connectivity index (χ0v) is 77.5. The van der Waals surface area contributed by atoms with Gasteiger partial charge in [-0.2, -0.15) is 0 Å². The fraction of sp³-hybridized carbons (Fsp3) is 0.851. The SMILES string of the molecule is CCCCCC(CCCCCCCCC(=O)CCCCCCCCCCCCC(=O)N(C)CC(=O)O)O[C@@H]1OC(CO)[C@@H](O[C@@H]2OC(COC(C)=O)[C@@H](O[C@@H]3OC(CO)[C@@H](O)C(O[C@@H]4OC(COC(C)=O)[C@@H](O)C(O)C4O)C3O)C(O)C2O[C@@H]2OC(COC(C)=O)[C@H](OC(C)=O)C(OC(C)=O)C2OC(C)=O)C(O)C1O[C@@H]1OC(COC(C)=O)[C@H](OC(C)=O)C(OC(C)=O)C1OC(C)=O. The molecule has 10 N–H and O–H groups in total. The molecule has 762 valence electrons. The Balaban J connectivity index is 1.38. The van der Waals surface area contributed by atoms with Crippen molar-refractivity contribution in [3.05, 3.63) is 0 Å². The molecule has 0 aromatic rings. The van der Waals surface area contributed by atoms with E-state index in [0.29, 0.717) is 70.6 Å². The summed E-state index contributed by atoms with van der Waals surface area (Å²) in [5.74, 6) is -11.3. The number of aliphatic carboxylic acids is 1. The van der Waals surface area contributed by atoms with Gasteiger partial charge < -0.3 is 160 Å². The van der Waals surface area contributed by atoms with Crippen LogP contribution in [0, 0.1) is 0 Å². The van der Waals surface area contributed by atoms with Crippen LogP contribution < -0.4 is 0 Å². The number of Topliss-reactive ketones (excluding diaryl/α,β-unsaturated/α-hetero) is 1. The Morgan fingerprint density at radius 1 is 0.293 bits per heavy atom. The van der Waals surface area contributed by atoms with Crippen molar-refractivity contribution >= 4 is 77.4 Å². The average Bonchev–Trinajstić information content (AvgIpc) is 0.752. The fourth-order valence-electron chi connectivity index (χ4n) is 16.3. The van der Waals surface area contributed by atoms with Crippen LogP contribution in [-0.2, 0) is 167 Å². The van der Waals surface area contributed by atoms with Crippen LogP contribution >= 0.6 is 0 Å². The highest BCUT2D eigenvalue weighted by molar-refractivity contribution is 5.81. The molecule has 6 aliphatic rings. The number of likely N-dealkylation sites (N-methyl/N-ethyl adjacent to an activating group) is 1. The number of ether oxygens (including phenoxy) is 22. The number of nitrogens with zero attached hydrogens (tertiary/aromatic N) is 1. The maximum Gasteiger partial charge on any atom is 0.323 e. The highest BCUT2D eigenvalue weighted by atomic mass is 16.8. The molecule has 19 unspecified atom stereocenters. The standard InChI is InChI=1S/C87H139NO45/c1-13-14-27-34-55(35-30-25-22-21-24-29-33-54(101)32-28-23-19-17-15-16-18-20-26-31-36-62(102)88(12)37-63(103)104)122-84-76(132-86-80(120-52(10)99)78(118-50(8)97)73(116-48(6)95)60(127-86)42-114-46(4)93)68(109)71(57(39-90)124-84)130-85-77(133-87-81(121-53(11)100)79(119-51(9)98)74(117-49(7)96)61(128-87)43-115-47(5)94)69(110)72(59(126-85)41-113-45(3)92)129-83-70(111)75(65(106)56(38-89)123-83)131-82-67(108)66(107)64(105)58(125-82)40-112-44(2)91/h55-61,64-87,89-90,105-111H,13-43H2,1-12H3,(H,103,104)/t55?,56?,57?,58?,59?,60?,61?,64-,65-,66?,67?,68?,69?,70?,71-,72-,73+,74+,75?,76?,77?,78?,79?,80?,81?,82+,83+,84-,85+,86+,87+/m1/s1. The summed E-state index contributed by atoms with van der Waals surface area (Å²) >= 11 is 0. The second-order valence-electron chi connectivity index (χ2n) is 33.8. The minimum atomic E-state index is -2.55. The van der Waals surface area contributed by atoms with E-state index in [4.69, 9.17) is 109 Å². The molecule has 6 saturated heterocycles. The highest BCUT2D eigenvalue weighted by Crippen LogP contribution is 2.42. The number of aliphatic hydroxyl groups is 9. The molecule has 46 nitrogen and oxygen atoms in total. The Labute approximate surface area is 770 Å². The Hall–Kier alpha value is -7.53. The smallest absolute Gasteiger partial charge is 0.323 e. The average molecular weight is 1920 g/mol. The van der Waals surface area contributed by atoms with Crippen LogP contribution in [0.25, 0.3) is 0 Å². The number of hydrogen-bond acceptors (Lipinski definition) is 44. The van der Waals surface area contributed by atoms with Gasteiger partial charge in [0.05, 0.1) is 19.3 Å². The second kappa shape index (κ2) is 58.3. The van der Waals surface area contributed by atoms with Crippen molar-refractivity contribution in [1.29, 1.82) is 0 Å².